The molecule has 0 radical (unpaired) electrons. The van der Waals surface area contributed by atoms with Crippen molar-refractivity contribution in [1.29, 1.82) is 0 Å². The molecule has 166 valence electrons. The predicted molar refractivity (Wildman–Crippen MR) is 119 cm³/mol. The summed E-state index contributed by atoms with van der Waals surface area (Å²) >= 11 is 6.53. The van der Waals surface area contributed by atoms with Gasteiger partial charge in [-0.1, -0.05) is 48.0 Å². The van der Waals surface area contributed by atoms with E-state index in [2.05, 4.69) is 0 Å². The third-order valence-corrected chi connectivity index (χ3v) is 6.43. The lowest BCUT2D eigenvalue weighted by atomic mass is 9.94. The van der Waals surface area contributed by atoms with Gasteiger partial charge in [0.15, 0.2) is 11.5 Å². The number of rotatable bonds is 2. The number of halogens is 1. The Morgan fingerprint density at radius 2 is 1.88 bits per heavy atom. The maximum Gasteiger partial charge on any atom is 0.276 e. The van der Waals surface area contributed by atoms with E-state index < -0.39 is 6.10 Å². The fraction of sp³-hybridized carbons (Fsp3) is 0.292. The lowest BCUT2D eigenvalue weighted by Gasteiger charge is -2.49. The number of benzene rings is 2. The molecule has 0 saturated carbocycles. The number of amides is 1. The Balaban J connectivity index is 1.74. The predicted octanol–water partition coefficient (Wildman–Crippen LogP) is 3.71. The quantitative estimate of drug-likeness (QED) is 0.722. The highest BCUT2D eigenvalue weighted by molar-refractivity contribution is 6.32. The summed E-state index contributed by atoms with van der Waals surface area (Å²) in [6, 6.07) is 13.2. The van der Waals surface area contributed by atoms with Gasteiger partial charge in [0, 0.05) is 17.8 Å². The van der Waals surface area contributed by atoms with Gasteiger partial charge in [-0.25, -0.2) is 0 Å². The van der Waals surface area contributed by atoms with Gasteiger partial charge in [0.25, 0.3) is 5.91 Å². The van der Waals surface area contributed by atoms with Crippen molar-refractivity contribution in [2.75, 3.05) is 6.67 Å². The Morgan fingerprint density at radius 3 is 2.66 bits per heavy atom. The molecule has 3 aliphatic heterocycles. The molecule has 7 nitrogen and oxygen atoms in total. The van der Waals surface area contributed by atoms with Gasteiger partial charge in [0.1, 0.15) is 18.5 Å². The van der Waals surface area contributed by atoms with E-state index in [9.17, 15) is 15.0 Å². The molecule has 1 fully saturated rings. The average molecular weight is 454 g/mol. The highest BCUT2D eigenvalue weighted by Crippen LogP contribution is 2.45. The summed E-state index contributed by atoms with van der Waals surface area (Å²) < 4.78 is 6.12. The van der Waals surface area contributed by atoms with E-state index in [1.165, 1.54) is 6.08 Å². The van der Waals surface area contributed by atoms with Gasteiger partial charge in [-0.3, -0.25) is 9.80 Å². The number of aliphatic hydroxyl groups excluding tert-OH is 2. The first-order valence-electron chi connectivity index (χ1n) is 10.5. The number of hydrazine groups is 1. The lowest BCUT2D eigenvalue weighted by molar-refractivity contribution is -0.153. The number of hydrogen-bond acceptors (Lipinski definition) is 6. The second-order valence-corrected chi connectivity index (χ2v) is 8.77. The highest BCUT2D eigenvalue weighted by Gasteiger charge is 2.44. The molecule has 8 heteroatoms. The molecule has 5 rings (SSSR count). The van der Waals surface area contributed by atoms with Crippen LogP contribution in [0.5, 0.6) is 5.75 Å². The Morgan fingerprint density at radius 1 is 1.12 bits per heavy atom. The van der Waals surface area contributed by atoms with E-state index in [4.69, 9.17) is 16.3 Å². The van der Waals surface area contributed by atoms with Crippen molar-refractivity contribution in [2.24, 2.45) is 0 Å². The Labute approximate surface area is 191 Å². The number of nitrogens with zero attached hydrogens (tertiary/aromatic N) is 3. The van der Waals surface area contributed by atoms with Crippen LogP contribution in [-0.2, 0) is 11.4 Å². The van der Waals surface area contributed by atoms with Crippen LogP contribution in [0.15, 0.2) is 66.2 Å². The standard InChI is InChI=1S/C24H24ClN3O4/c1-14(2)26-13-28(27-11-10-19(29)22(30)21(27)24(26)31)20-16-7-4-3-6-15(16)12-32-23-17(20)8-5-9-18(23)25/h3-11,14,19-20,29-30H,12-13H2,1-2H3. The second-order valence-electron chi connectivity index (χ2n) is 8.36. The van der Waals surface area contributed by atoms with Crippen molar-refractivity contribution in [3.63, 3.8) is 0 Å². The van der Waals surface area contributed by atoms with E-state index in [0.29, 0.717) is 17.4 Å². The van der Waals surface area contributed by atoms with Crippen LogP contribution >= 0.6 is 11.6 Å². The SMILES string of the molecule is CC(C)N1CN(C2c3ccccc3COc3c(Cl)cccc32)N2C=CC(O)C(O)=C2C1=O. The van der Waals surface area contributed by atoms with Gasteiger partial charge in [0.05, 0.1) is 17.7 Å². The zero-order valence-electron chi connectivity index (χ0n) is 17.8. The average Bonchev–Trinajstić information content (AvgIpc) is 2.94. The summed E-state index contributed by atoms with van der Waals surface area (Å²) in [5.74, 6) is -0.0990. The van der Waals surface area contributed by atoms with Crippen molar-refractivity contribution >= 4 is 17.5 Å². The minimum atomic E-state index is -1.23. The Bertz CT molecular complexity index is 1150. The molecule has 2 unspecified atom stereocenters. The topological polar surface area (TPSA) is 76.5 Å². The lowest BCUT2D eigenvalue weighted by Crippen LogP contribution is -2.60. The minimum Gasteiger partial charge on any atom is -0.507 e. The maximum atomic E-state index is 13.2. The monoisotopic (exact) mass is 453 g/mol. The molecular weight excluding hydrogens is 430 g/mol. The normalized spacial score (nSPS) is 23.0. The summed E-state index contributed by atoms with van der Waals surface area (Å²) in [7, 11) is 0. The Kier molecular flexibility index (Phi) is 5.12. The van der Waals surface area contributed by atoms with Crippen LogP contribution in [0.25, 0.3) is 0 Å². The molecule has 0 aromatic heterocycles. The number of fused-ring (bicyclic) bond motifs is 3. The van der Waals surface area contributed by atoms with Crippen molar-refractivity contribution < 1.29 is 19.7 Å². The fourth-order valence-electron chi connectivity index (χ4n) is 4.50. The zero-order chi connectivity index (χ0) is 22.6. The van der Waals surface area contributed by atoms with Crippen LogP contribution in [0.3, 0.4) is 0 Å². The van der Waals surface area contributed by atoms with Gasteiger partial charge in [0.2, 0.25) is 0 Å². The number of carbonyl (C=O) groups excluding carboxylic acids is 1. The van der Waals surface area contributed by atoms with Crippen molar-refractivity contribution in [3.8, 4) is 5.75 Å². The first kappa shape index (κ1) is 20.9. The smallest absolute Gasteiger partial charge is 0.276 e. The van der Waals surface area contributed by atoms with Crippen LogP contribution in [0.1, 0.15) is 36.6 Å². The summed E-state index contributed by atoms with van der Waals surface area (Å²) in [4.78, 5) is 14.9. The summed E-state index contributed by atoms with van der Waals surface area (Å²) in [5.41, 5.74) is 2.93. The zero-order valence-corrected chi connectivity index (χ0v) is 18.5. The third-order valence-electron chi connectivity index (χ3n) is 6.13. The van der Waals surface area contributed by atoms with E-state index in [-0.39, 0.29) is 36.1 Å². The van der Waals surface area contributed by atoms with E-state index in [0.717, 1.165) is 16.7 Å². The molecule has 1 amide bonds. The molecule has 2 aromatic rings. The molecule has 2 N–H and O–H groups in total. The molecule has 0 spiro atoms. The second kappa shape index (κ2) is 7.85. The van der Waals surface area contributed by atoms with Crippen LogP contribution in [-0.4, -0.2) is 49.9 Å². The van der Waals surface area contributed by atoms with Crippen molar-refractivity contribution in [2.45, 2.75) is 38.6 Å². The van der Waals surface area contributed by atoms with Gasteiger partial charge >= 0.3 is 0 Å². The van der Waals surface area contributed by atoms with Gasteiger partial charge in [-0.2, -0.15) is 5.01 Å². The van der Waals surface area contributed by atoms with Gasteiger partial charge in [-0.05, 0) is 37.1 Å². The first-order chi connectivity index (χ1) is 15.4. The molecule has 1 saturated heterocycles. The third kappa shape index (κ3) is 3.16. The molecule has 32 heavy (non-hydrogen) atoms. The summed E-state index contributed by atoms with van der Waals surface area (Å²) in [5, 5.41) is 25.0. The van der Waals surface area contributed by atoms with Crippen LogP contribution < -0.4 is 4.74 Å². The number of hydrogen-bond donors (Lipinski definition) is 2. The molecular formula is C24H24ClN3O4. The minimum absolute atomic E-state index is 0.0474. The van der Waals surface area contributed by atoms with Gasteiger partial charge < -0.3 is 19.8 Å². The van der Waals surface area contributed by atoms with E-state index in [1.807, 2.05) is 55.3 Å². The number of para-hydroxylation sites is 1. The van der Waals surface area contributed by atoms with Crippen LogP contribution in [0.2, 0.25) is 5.02 Å². The maximum absolute atomic E-state index is 13.2. The fourth-order valence-corrected chi connectivity index (χ4v) is 4.74. The molecule has 3 aliphatic rings. The van der Waals surface area contributed by atoms with Crippen LogP contribution in [0.4, 0.5) is 0 Å². The molecule has 0 bridgehead atoms. The van der Waals surface area contributed by atoms with Crippen LogP contribution in [0, 0.1) is 0 Å². The molecule has 3 heterocycles. The number of aliphatic hydroxyl groups is 2. The largest absolute Gasteiger partial charge is 0.507 e. The summed E-state index contributed by atoms with van der Waals surface area (Å²) in [6.07, 6.45) is 1.86. The molecule has 2 atom stereocenters. The molecule has 2 aromatic carbocycles. The highest BCUT2D eigenvalue weighted by atomic mass is 35.5. The van der Waals surface area contributed by atoms with E-state index >= 15 is 0 Å². The first-order valence-corrected chi connectivity index (χ1v) is 10.9. The van der Waals surface area contributed by atoms with Crippen molar-refractivity contribution in [3.05, 3.63) is 87.9 Å². The molecule has 0 aliphatic carbocycles. The van der Waals surface area contributed by atoms with E-state index in [1.54, 1.807) is 22.2 Å². The number of carbonyl (C=O) groups is 1. The van der Waals surface area contributed by atoms with Crippen molar-refractivity contribution in [1.82, 2.24) is 14.9 Å². The van der Waals surface area contributed by atoms with Gasteiger partial charge in [-0.15, -0.1) is 0 Å². The number of ether oxygens (including phenoxy) is 1. The summed E-state index contributed by atoms with van der Waals surface area (Å²) in [6.45, 7) is 4.49. The Hall–Kier alpha value is -3.00.